The van der Waals surface area contributed by atoms with E-state index in [0.717, 1.165) is 56.3 Å². The number of likely N-dealkylation sites (tertiary alicyclic amines) is 1. The normalized spacial score (nSPS) is 20.8. The molecule has 162 valence electrons. The van der Waals surface area contributed by atoms with Crippen molar-refractivity contribution in [1.82, 2.24) is 19.7 Å². The van der Waals surface area contributed by atoms with Crippen molar-refractivity contribution >= 4 is 5.91 Å². The highest BCUT2D eigenvalue weighted by atomic mass is 16.5. The van der Waals surface area contributed by atoms with Crippen molar-refractivity contribution in [3.05, 3.63) is 42.0 Å². The molecule has 1 atom stereocenters. The molecule has 30 heavy (non-hydrogen) atoms. The van der Waals surface area contributed by atoms with E-state index in [1.165, 1.54) is 0 Å². The Balaban J connectivity index is 1.51. The molecule has 1 aromatic carbocycles. The molecule has 1 unspecified atom stereocenters. The van der Waals surface area contributed by atoms with Gasteiger partial charge in [0.25, 0.3) is 5.91 Å². The molecular formula is C23H32N4O3. The fourth-order valence-corrected chi connectivity index (χ4v) is 4.81. The number of carbonyl (C=O) groups is 1. The lowest BCUT2D eigenvalue weighted by molar-refractivity contribution is -0.133. The topological polar surface area (TPSA) is 69.5 Å². The van der Waals surface area contributed by atoms with E-state index in [9.17, 15) is 4.79 Å². The molecule has 3 heterocycles. The van der Waals surface area contributed by atoms with Crippen LogP contribution in [0.1, 0.15) is 44.0 Å². The van der Waals surface area contributed by atoms with Gasteiger partial charge in [0.2, 0.25) is 0 Å². The Labute approximate surface area is 178 Å². The molecule has 2 aliphatic heterocycles. The lowest BCUT2D eigenvalue weighted by atomic mass is 9.71. The summed E-state index contributed by atoms with van der Waals surface area (Å²) in [6.07, 6.45) is 3.71. The number of amides is 1. The molecule has 2 fully saturated rings. The maximum absolute atomic E-state index is 13.0. The predicted molar refractivity (Wildman–Crippen MR) is 113 cm³/mol. The Morgan fingerprint density at radius 1 is 1.33 bits per heavy atom. The molecule has 7 nitrogen and oxygen atoms in total. The maximum Gasteiger partial charge on any atom is 0.260 e. The number of rotatable bonds is 6. The van der Waals surface area contributed by atoms with Crippen LogP contribution in [0.2, 0.25) is 0 Å². The number of ether oxygens (including phenoxy) is 2. The van der Waals surface area contributed by atoms with Crippen LogP contribution < -0.4 is 4.74 Å². The smallest absolute Gasteiger partial charge is 0.260 e. The first kappa shape index (κ1) is 20.8. The van der Waals surface area contributed by atoms with Crippen LogP contribution in [-0.4, -0.2) is 58.5 Å². The van der Waals surface area contributed by atoms with E-state index in [1.807, 2.05) is 42.4 Å². The Kier molecular flexibility index (Phi) is 6.09. The van der Waals surface area contributed by atoms with E-state index < -0.39 is 0 Å². The summed E-state index contributed by atoms with van der Waals surface area (Å²) < 4.78 is 13.6. The molecule has 0 N–H and O–H groups in total. The highest BCUT2D eigenvalue weighted by Crippen LogP contribution is 2.49. The highest BCUT2D eigenvalue weighted by molar-refractivity contribution is 5.78. The fraction of sp³-hybridized carbons (Fsp3) is 0.609. The summed E-state index contributed by atoms with van der Waals surface area (Å²) in [6.45, 7) is 10.2. The number of hydrogen-bond acceptors (Lipinski definition) is 5. The van der Waals surface area contributed by atoms with E-state index in [4.69, 9.17) is 9.47 Å². The van der Waals surface area contributed by atoms with Gasteiger partial charge < -0.3 is 18.9 Å². The minimum absolute atomic E-state index is 0.000984. The van der Waals surface area contributed by atoms with Crippen LogP contribution in [0.3, 0.4) is 0 Å². The number of aromatic nitrogens is 3. The number of aryl methyl sites for hydroxylation is 1. The van der Waals surface area contributed by atoms with Crippen molar-refractivity contribution in [1.29, 1.82) is 0 Å². The van der Waals surface area contributed by atoms with Gasteiger partial charge in [0.15, 0.2) is 6.61 Å². The molecule has 0 bridgehead atoms. The van der Waals surface area contributed by atoms with Crippen molar-refractivity contribution in [3.8, 4) is 5.75 Å². The molecule has 1 amide bonds. The Hall–Kier alpha value is -2.41. The standard InChI is InChI=1S/C23H32N4O3/c1-17(2)12-27-16-24-25-22(27)20-13-26(15-23(20)7-9-29-10-8-23)21(28)14-30-19-6-4-5-18(3)11-19/h4-6,11,16-17,20H,7-10,12-15H2,1-3H3. The third kappa shape index (κ3) is 4.36. The first-order valence-electron chi connectivity index (χ1n) is 10.9. The van der Waals surface area contributed by atoms with E-state index in [0.29, 0.717) is 12.5 Å². The van der Waals surface area contributed by atoms with Gasteiger partial charge in [0.05, 0.1) is 0 Å². The molecule has 4 rings (SSSR count). The second kappa shape index (κ2) is 8.76. The molecular weight excluding hydrogens is 380 g/mol. The highest BCUT2D eigenvalue weighted by Gasteiger charge is 2.51. The number of benzene rings is 1. The molecule has 0 radical (unpaired) electrons. The summed E-state index contributed by atoms with van der Waals surface area (Å²) in [5.74, 6) is 2.44. The second-order valence-electron chi connectivity index (χ2n) is 9.14. The summed E-state index contributed by atoms with van der Waals surface area (Å²) in [5.41, 5.74) is 1.12. The quantitative estimate of drug-likeness (QED) is 0.729. The maximum atomic E-state index is 13.0. The summed E-state index contributed by atoms with van der Waals surface area (Å²) >= 11 is 0. The van der Waals surface area contributed by atoms with Gasteiger partial charge in [-0.2, -0.15) is 0 Å². The van der Waals surface area contributed by atoms with Crippen molar-refractivity contribution in [2.24, 2.45) is 11.3 Å². The monoisotopic (exact) mass is 412 g/mol. The van der Waals surface area contributed by atoms with Gasteiger partial charge in [0.1, 0.15) is 17.9 Å². The van der Waals surface area contributed by atoms with E-state index >= 15 is 0 Å². The molecule has 0 saturated carbocycles. The van der Waals surface area contributed by atoms with E-state index in [-0.39, 0.29) is 23.8 Å². The van der Waals surface area contributed by atoms with Crippen molar-refractivity contribution in [2.45, 2.75) is 46.1 Å². The number of hydrogen-bond donors (Lipinski definition) is 0. The first-order chi connectivity index (χ1) is 14.5. The zero-order chi connectivity index (χ0) is 21.1. The van der Waals surface area contributed by atoms with Crippen molar-refractivity contribution < 1.29 is 14.3 Å². The Bertz CT molecular complexity index is 873. The Morgan fingerprint density at radius 2 is 2.13 bits per heavy atom. The van der Waals surface area contributed by atoms with Gasteiger partial charge >= 0.3 is 0 Å². The molecule has 1 aromatic heterocycles. The minimum atomic E-state index is -0.000984. The summed E-state index contributed by atoms with van der Waals surface area (Å²) in [6, 6.07) is 7.80. The molecule has 2 aromatic rings. The van der Waals surface area contributed by atoms with Crippen molar-refractivity contribution in [3.63, 3.8) is 0 Å². The van der Waals surface area contributed by atoms with Gasteiger partial charge in [-0.15, -0.1) is 10.2 Å². The lowest BCUT2D eigenvalue weighted by Gasteiger charge is -2.37. The van der Waals surface area contributed by atoms with Gasteiger partial charge in [-0.25, -0.2) is 0 Å². The minimum Gasteiger partial charge on any atom is -0.484 e. The van der Waals surface area contributed by atoms with Gasteiger partial charge in [-0.3, -0.25) is 4.79 Å². The van der Waals surface area contributed by atoms with Crippen LogP contribution in [0.5, 0.6) is 5.75 Å². The average molecular weight is 413 g/mol. The van der Waals surface area contributed by atoms with E-state index in [1.54, 1.807) is 0 Å². The SMILES string of the molecule is Cc1cccc(OCC(=O)N2CC(c3nncn3CC(C)C)C3(CCOCC3)C2)c1. The molecule has 1 spiro atoms. The zero-order valence-electron chi connectivity index (χ0n) is 18.2. The van der Waals surface area contributed by atoms with Gasteiger partial charge in [-0.05, 0) is 43.4 Å². The number of carbonyl (C=O) groups excluding carboxylic acids is 1. The van der Waals surface area contributed by atoms with Crippen LogP contribution in [0.4, 0.5) is 0 Å². The molecule has 2 saturated heterocycles. The zero-order valence-corrected chi connectivity index (χ0v) is 18.2. The van der Waals surface area contributed by atoms with Crippen LogP contribution >= 0.6 is 0 Å². The van der Waals surface area contributed by atoms with Crippen molar-refractivity contribution in [2.75, 3.05) is 32.9 Å². The van der Waals surface area contributed by atoms with Gasteiger partial charge in [0, 0.05) is 44.2 Å². The summed E-state index contributed by atoms with van der Waals surface area (Å²) in [5, 5.41) is 8.71. The molecule has 2 aliphatic rings. The second-order valence-corrected chi connectivity index (χ2v) is 9.14. The number of nitrogens with zero attached hydrogens (tertiary/aromatic N) is 4. The fourth-order valence-electron chi connectivity index (χ4n) is 4.81. The first-order valence-corrected chi connectivity index (χ1v) is 10.9. The lowest BCUT2D eigenvalue weighted by Crippen LogP contribution is -2.38. The summed E-state index contributed by atoms with van der Waals surface area (Å²) in [7, 11) is 0. The molecule has 0 aliphatic carbocycles. The third-order valence-corrected chi connectivity index (χ3v) is 6.36. The largest absolute Gasteiger partial charge is 0.484 e. The van der Waals surface area contributed by atoms with Crippen LogP contribution in [0.25, 0.3) is 0 Å². The molecule has 7 heteroatoms. The third-order valence-electron chi connectivity index (χ3n) is 6.36. The van der Waals surface area contributed by atoms with Crippen LogP contribution in [-0.2, 0) is 16.1 Å². The summed E-state index contributed by atoms with van der Waals surface area (Å²) in [4.78, 5) is 15.0. The van der Waals surface area contributed by atoms with Crippen LogP contribution in [0, 0.1) is 18.3 Å². The van der Waals surface area contributed by atoms with E-state index in [2.05, 4.69) is 28.6 Å². The Morgan fingerprint density at radius 3 is 2.87 bits per heavy atom. The predicted octanol–water partition coefficient (Wildman–Crippen LogP) is 3.04. The van der Waals surface area contributed by atoms with Gasteiger partial charge in [-0.1, -0.05) is 26.0 Å². The average Bonchev–Trinajstić information content (AvgIpc) is 3.31. The van der Waals surface area contributed by atoms with Crippen LogP contribution in [0.15, 0.2) is 30.6 Å².